The minimum atomic E-state index is 0.623. The van der Waals surface area contributed by atoms with Gasteiger partial charge in [-0.15, -0.1) is 0 Å². The highest BCUT2D eigenvalue weighted by atomic mass is 14.5. The van der Waals surface area contributed by atoms with Crippen molar-refractivity contribution in [1.29, 1.82) is 0 Å². The SMILES string of the molecule is CC(CC/C=C/N)c1ccccc1. The van der Waals surface area contributed by atoms with E-state index in [1.165, 1.54) is 5.56 Å². The van der Waals surface area contributed by atoms with Crippen molar-refractivity contribution in [3.05, 3.63) is 48.2 Å². The lowest BCUT2D eigenvalue weighted by atomic mass is 9.96. The van der Waals surface area contributed by atoms with Gasteiger partial charge in [-0.3, -0.25) is 0 Å². The highest BCUT2D eigenvalue weighted by molar-refractivity contribution is 5.18. The fourth-order valence-electron chi connectivity index (χ4n) is 1.39. The maximum absolute atomic E-state index is 5.27. The number of allylic oxidation sites excluding steroid dienone is 1. The molecule has 2 N–H and O–H groups in total. The third-order valence-electron chi connectivity index (χ3n) is 2.27. The van der Waals surface area contributed by atoms with Gasteiger partial charge in [0.05, 0.1) is 0 Å². The van der Waals surface area contributed by atoms with Crippen molar-refractivity contribution in [2.45, 2.75) is 25.7 Å². The predicted molar refractivity (Wildman–Crippen MR) is 57.4 cm³/mol. The Morgan fingerprint density at radius 3 is 2.62 bits per heavy atom. The largest absolute Gasteiger partial charge is 0.405 e. The van der Waals surface area contributed by atoms with Gasteiger partial charge in [0.1, 0.15) is 0 Å². The van der Waals surface area contributed by atoms with Gasteiger partial charge >= 0.3 is 0 Å². The highest BCUT2D eigenvalue weighted by Crippen LogP contribution is 2.19. The van der Waals surface area contributed by atoms with Crippen LogP contribution in [-0.4, -0.2) is 0 Å². The van der Waals surface area contributed by atoms with Crippen LogP contribution in [0, 0.1) is 0 Å². The molecule has 1 heteroatoms. The molecule has 0 aromatic heterocycles. The molecule has 1 unspecified atom stereocenters. The van der Waals surface area contributed by atoms with E-state index < -0.39 is 0 Å². The molecule has 0 aliphatic rings. The topological polar surface area (TPSA) is 26.0 Å². The van der Waals surface area contributed by atoms with Gasteiger partial charge in [-0.05, 0) is 30.5 Å². The molecule has 1 atom stereocenters. The second kappa shape index (κ2) is 5.41. The average molecular weight is 175 g/mol. The van der Waals surface area contributed by atoms with Crippen molar-refractivity contribution in [1.82, 2.24) is 0 Å². The summed E-state index contributed by atoms with van der Waals surface area (Å²) >= 11 is 0. The number of benzene rings is 1. The minimum absolute atomic E-state index is 0.623. The summed E-state index contributed by atoms with van der Waals surface area (Å²) in [4.78, 5) is 0. The molecule has 0 aliphatic heterocycles. The Balaban J connectivity index is 2.44. The van der Waals surface area contributed by atoms with E-state index in [0.717, 1.165) is 12.8 Å². The fourth-order valence-corrected chi connectivity index (χ4v) is 1.39. The smallest absolute Gasteiger partial charge is 0.0103 e. The quantitative estimate of drug-likeness (QED) is 0.747. The van der Waals surface area contributed by atoms with E-state index >= 15 is 0 Å². The van der Waals surface area contributed by atoms with Gasteiger partial charge in [-0.25, -0.2) is 0 Å². The lowest BCUT2D eigenvalue weighted by molar-refractivity contribution is 0.690. The van der Waals surface area contributed by atoms with E-state index in [-0.39, 0.29) is 0 Å². The van der Waals surface area contributed by atoms with E-state index in [4.69, 9.17) is 5.73 Å². The third kappa shape index (κ3) is 3.32. The third-order valence-corrected chi connectivity index (χ3v) is 2.27. The summed E-state index contributed by atoms with van der Waals surface area (Å²) < 4.78 is 0. The molecular weight excluding hydrogens is 158 g/mol. The van der Waals surface area contributed by atoms with Crippen LogP contribution in [0.1, 0.15) is 31.2 Å². The zero-order valence-corrected chi connectivity index (χ0v) is 8.11. The number of rotatable bonds is 4. The molecule has 0 spiro atoms. The normalized spacial score (nSPS) is 13.3. The molecule has 1 aromatic carbocycles. The maximum Gasteiger partial charge on any atom is -0.0103 e. The van der Waals surface area contributed by atoms with E-state index in [9.17, 15) is 0 Å². The predicted octanol–water partition coefficient (Wildman–Crippen LogP) is 3.04. The van der Waals surface area contributed by atoms with Crippen LogP contribution < -0.4 is 5.73 Å². The van der Waals surface area contributed by atoms with Crippen LogP contribution in [0.2, 0.25) is 0 Å². The monoisotopic (exact) mass is 175 g/mol. The molecule has 1 aromatic rings. The summed E-state index contributed by atoms with van der Waals surface area (Å²) in [6.07, 6.45) is 5.86. The first-order chi connectivity index (χ1) is 6.34. The van der Waals surface area contributed by atoms with Crippen LogP contribution in [0.15, 0.2) is 42.6 Å². The van der Waals surface area contributed by atoms with Crippen molar-refractivity contribution in [2.24, 2.45) is 5.73 Å². The van der Waals surface area contributed by atoms with Crippen LogP contribution in [0.3, 0.4) is 0 Å². The lowest BCUT2D eigenvalue weighted by Crippen LogP contribution is -1.92. The van der Waals surface area contributed by atoms with E-state index in [0.29, 0.717) is 5.92 Å². The Bertz CT molecular complexity index is 251. The molecular formula is C12H17N. The molecule has 0 fully saturated rings. The molecule has 0 bridgehead atoms. The molecule has 1 rings (SSSR count). The van der Waals surface area contributed by atoms with Crippen molar-refractivity contribution in [3.63, 3.8) is 0 Å². The summed E-state index contributed by atoms with van der Waals surface area (Å²) in [5.74, 6) is 0.623. The van der Waals surface area contributed by atoms with Crippen molar-refractivity contribution in [2.75, 3.05) is 0 Å². The Morgan fingerprint density at radius 1 is 1.31 bits per heavy atom. The molecule has 0 heterocycles. The summed E-state index contributed by atoms with van der Waals surface area (Å²) in [7, 11) is 0. The van der Waals surface area contributed by atoms with Gasteiger partial charge in [-0.1, -0.05) is 43.3 Å². The standard InChI is InChI=1S/C12H17N/c1-11(7-5-6-10-13)12-8-3-2-4-9-12/h2-4,6,8-11H,5,7,13H2,1H3/b10-6+. The number of nitrogens with two attached hydrogens (primary N) is 1. The van der Waals surface area contributed by atoms with Gasteiger partial charge in [-0.2, -0.15) is 0 Å². The van der Waals surface area contributed by atoms with Gasteiger partial charge in [0.15, 0.2) is 0 Å². The molecule has 70 valence electrons. The molecule has 0 amide bonds. The Morgan fingerprint density at radius 2 is 2.00 bits per heavy atom. The fraction of sp³-hybridized carbons (Fsp3) is 0.333. The first-order valence-corrected chi connectivity index (χ1v) is 4.76. The Hall–Kier alpha value is -1.24. The average Bonchev–Trinajstić information content (AvgIpc) is 2.19. The molecule has 0 saturated carbocycles. The van der Waals surface area contributed by atoms with Crippen molar-refractivity contribution in [3.8, 4) is 0 Å². The molecule has 0 saturated heterocycles. The summed E-state index contributed by atoms with van der Waals surface area (Å²) in [6, 6.07) is 10.6. The second-order valence-electron chi connectivity index (χ2n) is 3.32. The molecule has 0 aliphatic carbocycles. The molecule has 13 heavy (non-hydrogen) atoms. The van der Waals surface area contributed by atoms with Gasteiger partial charge in [0.25, 0.3) is 0 Å². The van der Waals surface area contributed by atoms with Gasteiger partial charge in [0, 0.05) is 0 Å². The second-order valence-corrected chi connectivity index (χ2v) is 3.32. The first-order valence-electron chi connectivity index (χ1n) is 4.76. The number of hydrogen-bond acceptors (Lipinski definition) is 1. The molecule has 0 radical (unpaired) electrons. The van der Waals surface area contributed by atoms with Crippen molar-refractivity contribution >= 4 is 0 Å². The summed E-state index contributed by atoms with van der Waals surface area (Å²) in [6.45, 7) is 2.25. The van der Waals surface area contributed by atoms with Crippen LogP contribution in [-0.2, 0) is 0 Å². The number of hydrogen-bond donors (Lipinski definition) is 1. The lowest BCUT2D eigenvalue weighted by Gasteiger charge is -2.09. The summed E-state index contributed by atoms with van der Waals surface area (Å²) in [5, 5.41) is 0. The van der Waals surface area contributed by atoms with Gasteiger partial charge in [0.2, 0.25) is 0 Å². The minimum Gasteiger partial charge on any atom is -0.405 e. The first kappa shape index (κ1) is 9.85. The molecule has 1 nitrogen and oxygen atoms in total. The Labute approximate surface area is 80.3 Å². The zero-order chi connectivity index (χ0) is 9.52. The van der Waals surface area contributed by atoms with E-state index in [1.807, 2.05) is 6.08 Å². The maximum atomic E-state index is 5.27. The van der Waals surface area contributed by atoms with Crippen LogP contribution in [0.25, 0.3) is 0 Å². The van der Waals surface area contributed by atoms with E-state index in [2.05, 4.69) is 37.3 Å². The van der Waals surface area contributed by atoms with E-state index in [1.54, 1.807) is 6.20 Å². The summed E-state index contributed by atoms with van der Waals surface area (Å²) in [5.41, 5.74) is 6.68. The van der Waals surface area contributed by atoms with Crippen LogP contribution in [0.5, 0.6) is 0 Å². The van der Waals surface area contributed by atoms with Crippen LogP contribution >= 0.6 is 0 Å². The van der Waals surface area contributed by atoms with Crippen molar-refractivity contribution < 1.29 is 0 Å². The zero-order valence-electron chi connectivity index (χ0n) is 8.11. The van der Waals surface area contributed by atoms with Gasteiger partial charge < -0.3 is 5.73 Å². The Kier molecular flexibility index (Phi) is 4.10. The highest BCUT2D eigenvalue weighted by Gasteiger charge is 2.02. The van der Waals surface area contributed by atoms with Crippen LogP contribution in [0.4, 0.5) is 0 Å².